The Bertz CT molecular complexity index is 380. The predicted molar refractivity (Wildman–Crippen MR) is 63.8 cm³/mol. The molecule has 1 aliphatic carbocycles. The predicted octanol–water partition coefficient (Wildman–Crippen LogP) is 3.32. The fourth-order valence-electron chi connectivity index (χ4n) is 2.37. The quantitative estimate of drug-likeness (QED) is 0.757. The minimum atomic E-state index is 0.171. The van der Waals surface area contributed by atoms with E-state index in [1.807, 2.05) is 0 Å². The molecule has 1 aromatic rings. The van der Waals surface area contributed by atoms with Crippen molar-refractivity contribution in [3.05, 3.63) is 16.9 Å². The first kappa shape index (κ1) is 11.6. The Hall–Kier alpha value is -0.830. The summed E-state index contributed by atoms with van der Waals surface area (Å²) >= 11 is 6.05. The molecule has 1 saturated carbocycles. The number of carbonyl (C=O) groups excluding carboxylic acids is 1. The van der Waals surface area contributed by atoms with Gasteiger partial charge in [0.05, 0.1) is 11.2 Å². The van der Waals surface area contributed by atoms with Gasteiger partial charge in [0, 0.05) is 12.5 Å². The van der Waals surface area contributed by atoms with Gasteiger partial charge in [0.25, 0.3) is 0 Å². The largest absolute Gasteiger partial charge is 0.292 e. The second-order valence-electron chi connectivity index (χ2n) is 4.41. The number of hydrogen-bond acceptors (Lipinski definition) is 2. The molecular formula is C12H17ClN2O. The second-order valence-corrected chi connectivity index (χ2v) is 4.82. The van der Waals surface area contributed by atoms with Crippen LogP contribution in [0.25, 0.3) is 0 Å². The van der Waals surface area contributed by atoms with E-state index in [-0.39, 0.29) is 11.7 Å². The average molecular weight is 241 g/mol. The van der Waals surface area contributed by atoms with Gasteiger partial charge in [-0.3, -0.25) is 9.48 Å². The van der Waals surface area contributed by atoms with Crippen LogP contribution in [-0.4, -0.2) is 15.6 Å². The molecular weight excluding hydrogens is 224 g/mol. The molecule has 0 radical (unpaired) electrons. The van der Waals surface area contributed by atoms with Crippen molar-refractivity contribution in [2.45, 2.75) is 45.6 Å². The molecule has 1 fully saturated rings. The summed E-state index contributed by atoms with van der Waals surface area (Å²) in [7, 11) is 0. The SMILES string of the molecule is CCCn1ncc(Cl)c1C(=O)C1CCCC1. The maximum atomic E-state index is 12.3. The summed E-state index contributed by atoms with van der Waals surface area (Å²) in [5, 5.41) is 4.67. The lowest BCUT2D eigenvalue weighted by atomic mass is 10.00. The molecule has 2 rings (SSSR count). The van der Waals surface area contributed by atoms with Crippen LogP contribution in [0.2, 0.25) is 5.02 Å². The third kappa shape index (κ3) is 2.14. The molecule has 0 bridgehead atoms. The monoisotopic (exact) mass is 240 g/mol. The van der Waals surface area contributed by atoms with Crippen LogP contribution in [0.5, 0.6) is 0 Å². The van der Waals surface area contributed by atoms with Gasteiger partial charge in [-0.2, -0.15) is 5.10 Å². The molecule has 4 heteroatoms. The third-order valence-electron chi connectivity index (χ3n) is 3.19. The van der Waals surface area contributed by atoms with E-state index in [2.05, 4.69) is 12.0 Å². The summed E-state index contributed by atoms with van der Waals surface area (Å²) in [6.45, 7) is 2.83. The van der Waals surface area contributed by atoms with Crippen LogP contribution < -0.4 is 0 Å². The fourth-order valence-corrected chi connectivity index (χ4v) is 2.60. The molecule has 1 aromatic heterocycles. The minimum Gasteiger partial charge on any atom is -0.292 e. The van der Waals surface area contributed by atoms with Crippen LogP contribution in [0.15, 0.2) is 6.20 Å². The Morgan fingerprint density at radius 3 is 2.88 bits per heavy atom. The van der Waals surface area contributed by atoms with E-state index in [1.165, 1.54) is 0 Å². The molecule has 0 atom stereocenters. The molecule has 0 aromatic carbocycles. The van der Waals surface area contributed by atoms with Gasteiger partial charge in [-0.05, 0) is 19.3 Å². The number of Topliss-reactive ketones (excluding diaryl/α,β-unsaturated/α-hetero) is 1. The van der Waals surface area contributed by atoms with Crippen molar-refractivity contribution in [2.75, 3.05) is 0 Å². The average Bonchev–Trinajstić information content (AvgIpc) is 2.88. The first-order chi connectivity index (χ1) is 7.74. The highest BCUT2D eigenvalue weighted by Gasteiger charge is 2.28. The number of ketones is 1. The number of aryl methyl sites for hydroxylation is 1. The zero-order valence-corrected chi connectivity index (χ0v) is 10.3. The Morgan fingerprint density at radius 1 is 1.56 bits per heavy atom. The van der Waals surface area contributed by atoms with Crippen molar-refractivity contribution in [3.8, 4) is 0 Å². The van der Waals surface area contributed by atoms with Crippen molar-refractivity contribution >= 4 is 17.4 Å². The zero-order chi connectivity index (χ0) is 11.5. The lowest BCUT2D eigenvalue weighted by Gasteiger charge is -2.10. The molecule has 1 heterocycles. The van der Waals surface area contributed by atoms with Crippen LogP contribution in [0.3, 0.4) is 0 Å². The fraction of sp³-hybridized carbons (Fsp3) is 0.667. The van der Waals surface area contributed by atoms with Gasteiger partial charge in [-0.15, -0.1) is 0 Å². The summed E-state index contributed by atoms with van der Waals surface area (Å²) in [4.78, 5) is 12.3. The molecule has 0 amide bonds. The van der Waals surface area contributed by atoms with Crippen LogP contribution in [0.4, 0.5) is 0 Å². The van der Waals surface area contributed by atoms with Crippen LogP contribution in [0.1, 0.15) is 49.5 Å². The molecule has 16 heavy (non-hydrogen) atoms. The molecule has 0 N–H and O–H groups in total. The molecule has 0 saturated heterocycles. The van der Waals surface area contributed by atoms with E-state index in [4.69, 9.17) is 11.6 Å². The number of rotatable bonds is 4. The summed E-state index contributed by atoms with van der Waals surface area (Å²) < 4.78 is 1.75. The highest BCUT2D eigenvalue weighted by molar-refractivity contribution is 6.33. The van der Waals surface area contributed by atoms with E-state index in [0.717, 1.165) is 38.6 Å². The number of carbonyl (C=O) groups is 1. The normalized spacial score (nSPS) is 16.9. The standard InChI is InChI=1S/C12H17ClN2O/c1-2-7-15-11(10(13)8-14-15)12(16)9-5-3-4-6-9/h8-9H,2-7H2,1H3. The zero-order valence-electron chi connectivity index (χ0n) is 9.58. The van der Waals surface area contributed by atoms with Crippen LogP contribution in [0, 0.1) is 5.92 Å². The first-order valence-electron chi connectivity index (χ1n) is 5.99. The molecule has 3 nitrogen and oxygen atoms in total. The van der Waals surface area contributed by atoms with Gasteiger partial charge in [0.1, 0.15) is 5.69 Å². The number of aromatic nitrogens is 2. The molecule has 1 aliphatic rings. The topological polar surface area (TPSA) is 34.9 Å². The van der Waals surface area contributed by atoms with Crippen molar-refractivity contribution in [2.24, 2.45) is 5.92 Å². The Labute approximate surface area is 101 Å². The summed E-state index contributed by atoms with van der Waals surface area (Å²) in [6, 6.07) is 0. The lowest BCUT2D eigenvalue weighted by Crippen LogP contribution is -2.17. The van der Waals surface area contributed by atoms with Gasteiger partial charge < -0.3 is 0 Å². The van der Waals surface area contributed by atoms with Gasteiger partial charge in [0.15, 0.2) is 5.78 Å². The molecule has 88 valence electrons. The lowest BCUT2D eigenvalue weighted by molar-refractivity contribution is 0.0911. The smallest absolute Gasteiger partial charge is 0.185 e. The van der Waals surface area contributed by atoms with Crippen molar-refractivity contribution in [3.63, 3.8) is 0 Å². The van der Waals surface area contributed by atoms with E-state index in [0.29, 0.717) is 10.7 Å². The molecule has 0 spiro atoms. The highest BCUT2D eigenvalue weighted by Crippen LogP contribution is 2.30. The van der Waals surface area contributed by atoms with Gasteiger partial charge >= 0.3 is 0 Å². The Morgan fingerprint density at radius 2 is 2.25 bits per heavy atom. The van der Waals surface area contributed by atoms with Crippen molar-refractivity contribution in [1.29, 1.82) is 0 Å². The summed E-state index contributed by atoms with van der Waals surface area (Å²) in [5.41, 5.74) is 0.621. The van der Waals surface area contributed by atoms with E-state index in [9.17, 15) is 4.79 Å². The third-order valence-corrected chi connectivity index (χ3v) is 3.47. The Balaban J connectivity index is 2.23. The van der Waals surface area contributed by atoms with Crippen molar-refractivity contribution in [1.82, 2.24) is 9.78 Å². The number of hydrogen-bond donors (Lipinski definition) is 0. The molecule has 0 aliphatic heterocycles. The summed E-state index contributed by atoms with van der Waals surface area (Å²) in [5.74, 6) is 0.359. The number of halogens is 1. The Kier molecular flexibility index (Phi) is 3.64. The second kappa shape index (κ2) is 5.00. The van der Waals surface area contributed by atoms with Gasteiger partial charge in [-0.25, -0.2) is 0 Å². The van der Waals surface area contributed by atoms with Crippen LogP contribution >= 0.6 is 11.6 Å². The maximum Gasteiger partial charge on any atom is 0.185 e. The van der Waals surface area contributed by atoms with Crippen molar-refractivity contribution < 1.29 is 4.79 Å². The van der Waals surface area contributed by atoms with Gasteiger partial charge in [0.2, 0.25) is 0 Å². The minimum absolute atomic E-state index is 0.171. The number of nitrogens with zero attached hydrogens (tertiary/aromatic N) is 2. The van der Waals surface area contributed by atoms with Gasteiger partial charge in [-0.1, -0.05) is 31.4 Å². The molecule has 0 unspecified atom stereocenters. The highest BCUT2D eigenvalue weighted by atomic mass is 35.5. The summed E-state index contributed by atoms with van der Waals surface area (Å²) in [6.07, 6.45) is 6.88. The maximum absolute atomic E-state index is 12.3. The first-order valence-corrected chi connectivity index (χ1v) is 6.37. The van der Waals surface area contributed by atoms with E-state index < -0.39 is 0 Å². The van der Waals surface area contributed by atoms with E-state index >= 15 is 0 Å². The van der Waals surface area contributed by atoms with Crippen LogP contribution in [-0.2, 0) is 6.54 Å². The van der Waals surface area contributed by atoms with E-state index in [1.54, 1.807) is 10.9 Å².